The molecular formula is C13H28N4O. The van der Waals surface area contributed by atoms with Crippen molar-refractivity contribution in [2.24, 2.45) is 4.99 Å². The van der Waals surface area contributed by atoms with Crippen molar-refractivity contribution < 1.29 is 4.79 Å². The first-order valence-electron chi connectivity index (χ1n) is 6.87. The minimum Gasteiger partial charge on any atom is -0.357 e. The Morgan fingerprint density at radius 1 is 1.17 bits per heavy atom. The van der Waals surface area contributed by atoms with Gasteiger partial charge in [0.1, 0.15) is 0 Å². The molecule has 0 aliphatic heterocycles. The minimum absolute atomic E-state index is 0.143. The maximum absolute atomic E-state index is 12.0. The Labute approximate surface area is 111 Å². The van der Waals surface area contributed by atoms with E-state index in [0.29, 0.717) is 6.54 Å². The summed E-state index contributed by atoms with van der Waals surface area (Å²) < 4.78 is 0. The molecule has 0 saturated carbocycles. The van der Waals surface area contributed by atoms with Crippen LogP contribution in [0.5, 0.6) is 0 Å². The number of carbonyl (C=O) groups is 1. The largest absolute Gasteiger partial charge is 0.357 e. The van der Waals surface area contributed by atoms with Gasteiger partial charge in [0.25, 0.3) is 0 Å². The molecule has 18 heavy (non-hydrogen) atoms. The summed E-state index contributed by atoms with van der Waals surface area (Å²) in [5.74, 6) is 0.949. The summed E-state index contributed by atoms with van der Waals surface area (Å²) in [6, 6.07) is 0. The highest BCUT2D eigenvalue weighted by Gasteiger charge is 2.14. The number of rotatable bonds is 7. The number of hydrogen-bond acceptors (Lipinski definition) is 2. The molecule has 0 bridgehead atoms. The lowest BCUT2D eigenvalue weighted by Crippen LogP contribution is -2.45. The Morgan fingerprint density at radius 3 is 2.22 bits per heavy atom. The molecule has 0 fully saturated rings. The van der Waals surface area contributed by atoms with Crippen LogP contribution in [0.15, 0.2) is 4.99 Å². The van der Waals surface area contributed by atoms with Crippen molar-refractivity contribution in [1.82, 2.24) is 15.1 Å². The molecule has 1 N–H and O–H groups in total. The van der Waals surface area contributed by atoms with Crippen LogP contribution in [-0.4, -0.2) is 61.4 Å². The van der Waals surface area contributed by atoms with E-state index < -0.39 is 0 Å². The second-order valence-electron chi connectivity index (χ2n) is 4.16. The Hall–Kier alpha value is -1.26. The standard InChI is InChI=1S/C13H28N4O/c1-6-10-15-13(14-7-2)16(5)11-12(18)17(8-3)9-4/h6-11H2,1-5H3,(H,14,15). The van der Waals surface area contributed by atoms with Gasteiger partial charge in [-0.1, -0.05) is 6.92 Å². The van der Waals surface area contributed by atoms with E-state index in [9.17, 15) is 4.79 Å². The van der Waals surface area contributed by atoms with Crippen LogP contribution >= 0.6 is 0 Å². The van der Waals surface area contributed by atoms with Gasteiger partial charge in [0.2, 0.25) is 5.91 Å². The van der Waals surface area contributed by atoms with Gasteiger partial charge >= 0.3 is 0 Å². The number of carbonyl (C=O) groups excluding carboxylic acids is 1. The molecule has 0 aromatic rings. The highest BCUT2D eigenvalue weighted by molar-refractivity contribution is 5.86. The summed E-state index contributed by atoms with van der Waals surface area (Å²) in [6.07, 6.45) is 1.01. The summed E-state index contributed by atoms with van der Waals surface area (Å²) in [4.78, 5) is 20.2. The summed E-state index contributed by atoms with van der Waals surface area (Å²) in [5, 5.41) is 3.20. The Morgan fingerprint density at radius 2 is 1.78 bits per heavy atom. The van der Waals surface area contributed by atoms with Crippen molar-refractivity contribution in [2.45, 2.75) is 34.1 Å². The van der Waals surface area contributed by atoms with Crippen molar-refractivity contribution in [3.8, 4) is 0 Å². The predicted molar refractivity (Wildman–Crippen MR) is 76.8 cm³/mol. The van der Waals surface area contributed by atoms with Crippen LogP contribution in [0.1, 0.15) is 34.1 Å². The fraction of sp³-hybridized carbons (Fsp3) is 0.846. The Balaban J connectivity index is 4.49. The van der Waals surface area contributed by atoms with E-state index in [1.54, 1.807) is 0 Å². The first kappa shape index (κ1) is 16.7. The van der Waals surface area contributed by atoms with Crippen LogP contribution in [0, 0.1) is 0 Å². The molecule has 0 aliphatic rings. The van der Waals surface area contributed by atoms with E-state index in [1.165, 1.54) is 0 Å². The zero-order chi connectivity index (χ0) is 14.0. The summed E-state index contributed by atoms with van der Waals surface area (Å²) in [6.45, 7) is 11.6. The molecule has 0 aromatic carbocycles. The fourth-order valence-corrected chi connectivity index (χ4v) is 1.64. The van der Waals surface area contributed by atoms with E-state index in [4.69, 9.17) is 0 Å². The highest BCUT2D eigenvalue weighted by atomic mass is 16.2. The van der Waals surface area contributed by atoms with Crippen LogP contribution in [0.25, 0.3) is 0 Å². The second kappa shape index (κ2) is 9.74. The Bertz CT molecular complexity index is 262. The number of nitrogens with one attached hydrogen (secondary N) is 1. The van der Waals surface area contributed by atoms with Gasteiger partial charge in [-0.25, -0.2) is 0 Å². The first-order valence-corrected chi connectivity index (χ1v) is 6.87. The van der Waals surface area contributed by atoms with Crippen LogP contribution < -0.4 is 5.32 Å². The van der Waals surface area contributed by atoms with Gasteiger partial charge in [0.15, 0.2) is 5.96 Å². The van der Waals surface area contributed by atoms with Gasteiger partial charge in [-0.3, -0.25) is 9.79 Å². The molecule has 0 aliphatic carbocycles. The molecular weight excluding hydrogens is 228 g/mol. The molecule has 106 valence electrons. The average molecular weight is 256 g/mol. The third kappa shape index (κ3) is 5.89. The molecule has 0 aromatic heterocycles. The van der Waals surface area contributed by atoms with Gasteiger partial charge in [0, 0.05) is 33.2 Å². The number of amides is 1. The number of guanidine groups is 1. The molecule has 0 radical (unpaired) electrons. The molecule has 5 nitrogen and oxygen atoms in total. The zero-order valence-corrected chi connectivity index (χ0v) is 12.5. The number of aliphatic imine (C=N–C) groups is 1. The van der Waals surface area contributed by atoms with Gasteiger partial charge in [0.05, 0.1) is 6.54 Å². The SMILES string of the molecule is CCCN=C(NCC)N(C)CC(=O)N(CC)CC. The maximum atomic E-state index is 12.0. The molecule has 0 atom stereocenters. The number of hydrogen-bond donors (Lipinski definition) is 1. The summed E-state index contributed by atoms with van der Waals surface area (Å²) in [7, 11) is 1.90. The third-order valence-corrected chi connectivity index (χ3v) is 2.67. The fourth-order valence-electron chi connectivity index (χ4n) is 1.64. The number of nitrogens with zero attached hydrogens (tertiary/aromatic N) is 3. The normalized spacial score (nSPS) is 11.3. The van der Waals surface area contributed by atoms with Crippen molar-refractivity contribution in [3.05, 3.63) is 0 Å². The first-order chi connectivity index (χ1) is 8.60. The summed E-state index contributed by atoms with van der Waals surface area (Å²) in [5.41, 5.74) is 0. The van der Waals surface area contributed by atoms with E-state index in [2.05, 4.69) is 17.2 Å². The molecule has 0 unspecified atom stereocenters. The molecule has 0 heterocycles. The van der Waals surface area contributed by atoms with E-state index in [1.807, 2.05) is 37.6 Å². The van der Waals surface area contributed by atoms with Gasteiger partial charge in [-0.15, -0.1) is 0 Å². The van der Waals surface area contributed by atoms with Crippen molar-refractivity contribution in [3.63, 3.8) is 0 Å². The highest BCUT2D eigenvalue weighted by Crippen LogP contribution is 1.94. The van der Waals surface area contributed by atoms with Crippen LogP contribution in [-0.2, 0) is 4.79 Å². The lowest BCUT2D eigenvalue weighted by molar-refractivity contribution is -0.131. The molecule has 1 amide bonds. The van der Waals surface area contributed by atoms with Crippen LogP contribution in [0.3, 0.4) is 0 Å². The summed E-state index contributed by atoms with van der Waals surface area (Å²) >= 11 is 0. The topological polar surface area (TPSA) is 47.9 Å². The van der Waals surface area contributed by atoms with E-state index >= 15 is 0 Å². The lowest BCUT2D eigenvalue weighted by Gasteiger charge is -2.25. The molecule has 0 spiro atoms. The van der Waals surface area contributed by atoms with Gasteiger partial charge in [-0.05, 0) is 27.2 Å². The predicted octanol–water partition coefficient (Wildman–Crippen LogP) is 1.16. The zero-order valence-electron chi connectivity index (χ0n) is 12.5. The van der Waals surface area contributed by atoms with E-state index in [0.717, 1.165) is 38.6 Å². The molecule has 0 saturated heterocycles. The maximum Gasteiger partial charge on any atom is 0.242 e. The van der Waals surface area contributed by atoms with Crippen LogP contribution in [0.2, 0.25) is 0 Å². The van der Waals surface area contributed by atoms with Gasteiger partial charge in [-0.2, -0.15) is 0 Å². The lowest BCUT2D eigenvalue weighted by atomic mass is 10.4. The smallest absolute Gasteiger partial charge is 0.242 e. The third-order valence-electron chi connectivity index (χ3n) is 2.67. The van der Waals surface area contributed by atoms with Gasteiger partial charge < -0.3 is 15.1 Å². The van der Waals surface area contributed by atoms with Crippen LogP contribution in [0.4, 0.5) is 0 Å². The number of likely N-dealkylation sites (N-methyl/N-ethyl adjacent to an activating group) is 2. The van der Waals surface area contributed by atoms with Crippen molar-refractivity contribution >= 4 is 11.9 Å². The average Bonchev–Trinajstić information content (AvgIpc) is 2.35. The van der Waals surface area contributed by atoms with Crippen molar-refractivity contribution in [1.29, 1.82) is 0 Å². The molecule has 0 rings (SSSR count). The second-order valence-corrected chi connectivity index (χ2v) is 4.16. The monoisotopic (exact) mass is 256 g/mol. The quantitative estimate of drug-likeness (QED) is 0.549. The van der Waals surface area contributed by atoms with E-state index in [-0.39, 0.29) is 5.91 Å². The molecule has 5 heteroatoms. The minimum atomic E-state index is 0.143. The Kier molecular flexibility index (Phi) is 9.06. The van der Waals surface area contributed by atoms with Crippen molar-refractivity contribution in [2.75, 3.05) is 39.8 Å².